The molecule has 0 unspecified atom stereocenters. The Kier molecular flexibility index (Phi) is 4.37. The Morgan fingerprint density at radius 1 is 1.12 bits per heavy atom. The third-order valence-corrected chi connectivity index (χ3v) is 3.27. The number of anilines is 1. The van der Waals surface area contributed by atoms with E-state index >= 15 is 0 Å². The molecule has 3 rings (SSSR count). The van der Waals surface area contributed by atoms with Crippen LogP contribution in [-0.2, 0) is 0 Å². The van der Waals surface area contributed by atoms with Crippen molar-refractivity contribution in [2.75, 3.05) is 19.2 Å². The van der Waals surface area contributed by atoms with E-state index in [0.29, 0.717) is 22.7 Å². The average Bonchev–Trinajstić information content (AvgIpc) is 3.03. The van der Waals surface area contributed by atoms with E-state index in [1.165, 1.54) is 25.3 Å². The van der Waals surface area contributed by atoms with Crippen LogP contribution in [0.3, 0.4) is 0 Å². The molecule has 0 aromatic heterocycles. The zero-order valence-electron chi connectivity index (χ0n) is 12.5. The van der Waals surface area contributed by atoms with Gasteiger partial charge in [0.1, 0.15) is 0 Å². The number of fused-ring (bicyclic) bond motifs is 1. The molecule has 0 aliphatic carbocycles. The van der Waals surface area contributed by atoms with Crippen molar-refractivity contribution in [2.24, 2.45) is 0 Å². The van der Waals surface area contributed by atoms with Gasteiger partial charge in [-0.2, -0.15) is 8.78 Å². The number of halogens is 2. The number of nitrogens with one attached hydrogen (secondary N) is 1. The van der Waals surface area contributed by atoms with Crippen molar-refractivity contribution in [3.8, 4) is 23.0 Å². The average molecular weight is 337 g/mol. The third-order valence-electron chi connectivity index (χ3n) is 3.27. The Hall–Kier alpha value is -3.03. The van der Waals surface area contributed by atoms with Gasteiger partial charge in [-0.3, -0.25) is 4.79 Å². The van der Waals surface area contributed by atoms with E-state index in [0.717, 1.165) is 0 Å². The van der Waals surface area contributed by atoms with Gasteiger partial charge in [0.05, 0.1) is 7.11 Å². The molecule has 0 saturated heterocycles. The van der Waals surface area contributed by atoms with Gasteiger partial charge in [-0.1, -0.05) is 0 Å². The van der Waals surface area contributed by atoms with Gasteiger partial charge in [0, 0.05) is 17.3 Å². The van der Waals surface area contributed by atoms with Gasteiger partial charge < -0.3 is 24.3 Å². The van der Waals surface area contributed by atoms with Crippen molar-refractivity contribution >= 4 is 11.6 Å². The highest BCUT2D eigenvalue weighted by Gasteiger charge is 2.17. The number of methoxy groups -OCH3 is 1. The Bertz CT molecular complexity index is 766. The summed E-state index contributed by atoms with van der Waals surface area (Å²) in [5, 5.41) is 2.65. The van der Waals surface area contributed by atoms with Crippen LogP contribution in [0.1, 0.15) is 10.4 Å². The van der Waals surface area contributed by atoms with Gasteiger partial charge in [-0.25, -0.2) is 0 Å². The maximum Gasteiger partial charge on any atom is 0.387 e. The molecule has 0 saturated carbocycles. The maximum atomic E-state index is 12.3. The lowest BCUT2D eigenvalue weighted by molar-refractivity contribution is -0.0512. The first kappa shape index (κ1) is 15.9. The largest absolute Gasteiger partial charge is 0.493 e. The molecule has 8 heteroatoms. The predicted molar refractivity (Wildman–Crippen MR) is 80.1 cm³/mol. The number of hydrogen-bond donors (Lipinski definition) is 1. The molecule has 0 atom stereocenters. The molecule has 0 bridgehead atoms. The number of hydrogen-bond acceptors (Lipinski definition) is 5. The Balaban J connectivity index is 1.76. The third kappa shape index (κ3) is 3.32. The minimum atomic E-state index is -2.96. The molecule has 1 heterocycles. The van der Waals surface area contributed by atoms with Crippen LogP contribution in [0, 0.1) is 0 Å². The zero-order chi connectivity index (χ0) is 17.1. The Morgan fingerprint density at radius 3 is 2.67 bits per heavy atom. The molecular weight excluding hydrogens is 324 g/mol. The lowest BCUT2D eigenvalue weighted by atomic mass is 10.2. The monoisotopic (exact) mass is 337 g/mol. The highest BCUT2D eigenvalue weighted by atomic mass is 19.3. The number of carbonyl (C=O) groups is 1. The smallest absolute Gasteiger partial charge is 0.387 e. The van der Waals surface area contributed by atoms with Crippen molar-refractivity contribution in [1.82, 2.24) is 0 Å². The number of amides is 1. The molecule has 1 aliphatic heterocycles. The van der Waals surface area contributed by atoms with Gasteiger partial charge in [-0.15, -0.1) is 0 Å². The van der Waals surface area contributed by atoms with Crippen LogP contribution >= 0.6 is 0 Å². The van der Waals surface area contributed by atoms with E-state index < -0.39 is 12.5 Å². The van der Waals surface area contributed by atoms with Crippen LogP contribution in [0.25, 0.3) is 0 Å². The van der Waals surface area contributed by atoms with Gasteiger partial charge in [-0.05, 0) is 30.3 Å². The fourth-order valence-corrected chi connectivity index (χ4v) is 2.18. The summed E-state index contributed by atoms with van der Waals surface area (Å²) in [7, 11) is 1.32. The van der Waals surface area contributed by atoms with Crippen LogP contribution < -0.4 is 24.3 Å². The van der Waals surface area contributed by atoms with Crippen molar-refractivity contribution in [3.63, 3.8) is 0 Å². The topological polar surface area (TPSA) is 66.0 Å². The first-order chi connectivity index (χ1) is 11.6. The SMILES string of the molecule is COc1cc(NC(=O)c2ccc3c(c2)OCO3)ccc1OC(F)F. The molecule has 2 aromatic carbocycles. The van der Waals surface area contributed by atoms with Crippen LogP contribution in [0.15, 0.2) is 36.4 Å². The van der Waals surface area contributed by atoms with Gasteiger partial charge in [0.25, 0.3) is 5.91 Å². The predicted octanol–water partition coefficient (Wildman–Crippen LogP) is 3.28. The molecule has 0 fully saturated rings. The van der Waals surface area contributed by atoms with Crippen LogP contribution in [0.4, 0.5) is 14.5 Å². The molecule has 126 valence electrons. The summed E-state index contributed by atoms with van der Waals surface area (Å²) in [6, 6.07) is 8.91. The molecule has 6 nitrogen and oxygen atoms in total. The van der Waals surface area contributed by atoms with Gasteiger partial charge in [0.2, 0.25) is 6.79 Å². The number of carbonyl (C=O) groups excluding carboxylic acids is 1. The second-order valence-corrected chi connectivity index (χ2v) is 4.77. The summed E-state index contributed by atoms with van der Waals surface area (Å²) in [5.41, 5.74) is 0.738. The van der Waals surface area contributed by atoms with Crippen LogP contribution in [-0.4, -0.2) is 26.4 Å². The maximum absolute atomic E-state index is 12.3. The van der Waals surface area contributed by atoms with Crippen LogP contribution in [0.2, 0.25) is 0 Å². The summed E-state index contributed by atoms with van der Waals surface area (Å²) >= 11 is 0. The van der Waals surface area contributed by atoms with E-state index in [2.05, 4.69) is 10.1 Å². The number of benzene rings is 2. The lowest BCUT2D eigenvalue weighted by Crippen LogP contribution is -2.12. The van der Waals surface area contributed by atoms with Crippen LogP contribution in [0.5, 0.6) is 23.0 Å². The fourth-order valence-electron chi connectivity index (χ4n) is 2.18. The highest BCUT2D eigenvalue weighted by molar-refractivity contribution is 6.04. The first-order valence-corrected chi connectivity index (χ1v) is 6.90. The van der Waals surface area contributed by atoms with E-state index in [1.807, 2.05) is 0 Å². The van der Waals surface area contributed by atoms with Crippen molar-refractivity contribution in [3.05, 3.63) is 42.0 Å². The lowest BCUT2D eigenvalue weighted by Gasteiger charge is -2.12. The van der Waals surface area contributed by atoms with E-state index in [9.17, 15) is 13.6 Å². The number of rotatable bonds is 5. The van der Waals surface area contributed by atoms with Gasteiger partial charge in [0.15, 0.2) is 23.0 Å². The van der Waals surface area contributed by atoms with E-state index in [4.69, 9.17) is 14.2 Å². The van der Waals surface area contributed by atoms with Gasteiger partial charge >= 0.3 is 6.61 Å². The summed E-state index contributed by atoms with van der Waals surface area (Å²) in [4.78, 5) is 12.3. The molecule has 1 amide bonds. The Morgan fingerprint density at radius 2 is 1.92 bits per heavy atom. The second kappa shape index (κ2) is 6.61. The standard InChI is InChI=1S/C16H13F2NO5/c1-21-13-7-10(3-5-12(13)24-16(17)18)19-15(20)9-2-4-11-14(6-9)23-8-22-11/h2-7,16H,8H2,1H3,(H,19,20). The summed E-state index contributed by atoms with van der Waals surface area (Å²) in [6.45, 7) is -2.85. The summed E-state index contributed by atoms with van der Waals surface area (Å²) in [6.07, 6.45) is 0. The van der Waals surface area contributed by atoms with Crippen molar-refractivity contribution < 1.29 is 32.5 Å². The molecular formula is C16H13F2NO5. The highest BCUT2D eigenvalue weighted by Crippen LogP contribution is 2.34. The van der Waals surface area contributed by atoms with Crippen molar-refractivity contribution in [2.45, 2.75) is 6.61 Å². The van der Waals surface area contributed by atoms with Crippen molar-refractivity contribution in [1.29, 1.82) is 0 Å². The zero-order valence-corrected chi connectivity index (χ0v) is 12.5. The van der Waals surface area contributed by atoms with E-state index in [1.54, 1.807) is 18.2 Å². The molecule has 2 aromatic rings. The minimum absolute atomic E-state index is 0.0822. The number of alkyl halides is 2. The molecule has 24 heavy (non-hydrogen) atoms. The second-order valence-electron chi connectivity index (χ2n) is 4.77. The normalized spacial score (nSPS) is 12.2. The Labute approximate surface area is 135 Å². The quantitative estimate of drug-likeness (QED) is 0.907. The summed E-state index contributed by atoms with van der Waals surface area (Å²) < 4.78 is 44.3. The first-order valence-electron chi connectivity index (χ1n) is 6.90. The summed E-state index contributed by atoms with van der Waals surface area (Å²) in [5.74, 6) is 0.632. The molecule has 0 spiro atoms. The number of ether oxygens (including phenoxy) is 4. The fraction of sp³-hybridized carbons (Fsp3) is 0.188. The molecule has 1 aliphatic rings. The minimum Gasteiger partial charge on any atom is -0.493 e. The molecule has 0 radical (unpaired) electrons. The molecule has 1 N–H and O–H groups in total. The van der Waals surface area contributed by atoms with E-state index in [-0.39, 0.29) is 18.3 Å².